The molecule has 1 aliphatic heterocycles. The van der Waals surface area contributed by atoms with Gasteiger partial charge in [-0.05, 0) is 6.92 Å². The molecule has 1 unspecified atom stereocenters. The van der Waals surface area contributed by atoms with Gasteiger partial charge < -0.3 is 10.6 Å². The minimum absolute atomic E-state index is 0.222. The third kappa shape index (κ3) is 4.33. The number of alkyl halides is 3. The fourth-order valence-electron chi connectivity index (χ4n) is 3.46. The van der Waals surface area contributed by atoms with Gasteiger partial charge in [0.05, 0.1) is 23.5 Å². The normalized spacial score (nSPS) is 17.5. The monoisotopic (exact) mass is 493 g/mol. The van der Waals surface area contributed by atoms with Crippen LogP contribution >= 0.6 is 0 Å². The number of halogens is 11. The summed E-state index contributed by atoms with van der Waals surface area (Å²) in [6.07, 6.45) is -5.74. The van der Waals surface area contributed by atoms with Gasteiger partial charge in [-0.3, -0.25) is 4.90 Å². The molecular formula is C19H14F11N3. The maximum absolute atomic E-state index is 14.6. The maximum Gasteiger partial charge on any atom is 0.421 e. The molecule has 0 saturated carbocycles. The van der Waals surface area contributed by atoms with Gasteiger partial charge in [0, 0.05) is 25.7 Å². The highest BCUT2D eigenvalue weighted by Gasteiger charge is 2.43. The van der Waals surface area contributed by atoms with E-state index in [4.69, 9.17) is 0 Å². The maximum atomic E-state index is 14.6. The van der Waals surface area contributed by atoms with Gasteiger partial charge in [-0.2, -0.15) is 13.2 Å². The summed E-state index contributed by atoms with van der Waals surface area (Å²) in [5.74, 6) is -21.4. The molecule has 1 atom stereocenters. The molecule has 0 radical (unpaired) electrons. The largest absolute Gasteiger partial charge is 0.421 e. The molecular weight excluding hydrogens is 479 g/mol. The summed E-state index contributed by atoms with van der Waals surface area (Å²) in [4.78, 5) is 1.47. The molecule has 1 saturated heterocycles. The van der Waals surface area contributed by atoms with Gasteiger partial charge in [-0.15, -0.1) is 0 Å². The van der Waals surface area contributed by atoms with E-state index in [1.165, 1.54) is 4.90 Å². The first kappa shape index (κ1) is 25.0. The minimum atomic E-state index is -5.74. The highest BCUT2D eigenvalue weighted by Crippen LogP contribution is 2.46. The Morgan fingerprint density at radius 1 is 0.788 bits per heavy atom. The number of nitrogens with zero attached hydrogens (tertiary/aromatic N) is 1. The SMILES string of the molecule is CC1CNCCN1CNc1c(-c2c(F)c(F)c(F)c(F)c2F)c(F)c(F)c(F)c1C(F)(F)F. The lowest BCUT2D eigenvalue weighted by Crippen LogP contribution is -2.51. The van der Waals surface area contributed by atoms with Crippen LogP contribution in [-0.4, -0.2) is 37.2 Å². The summed E-state index contributed by atoms with van der Waals surface area (Å²) in [5.41, 5.74) is -8.38. The Morgan fingerprint density at radius 3 is 1.79 bits per heavy atom. The summed E-state index contributed by atoms with van der Waals surface area (Å²) < 4.78 is 153. The van der Waals surface area contributed by atoms with E-state index in [9.17, 15) is 48.3 Å². The molecule has 33 heavy (non-hydrogen) atoms. The zero-order valence-corrected chi connectivity index (χ0v) is 16.5. The molecule has 0 aliphatic carbocycles. The Bertz CT molecular complexity index is 1060. The molecule has 3 rings (SSSR count). The van der Waals surface area contributed by atoms with Crippen molar-refractivity contribution >= 4 is 5.69 Å². The van der Waals surface area contributed by atoms with Gasteiger partial charge >= 0.3 is 6.18 Å². The van der Waals surface area contributed by atoms with Crippen LogP contribution in [-0.2, 0) is 6.18 Å². The van der Waals surface area contributed by atoms with Crippen molar-refractivity contribution in [3.05, 3.63) is 52.1 Å². The highest BCUT2D eigenvalue weighted by atomic mass is 19.4. The molecule has 182 valence electrons. The molecule has 0 bridgehead atoms. The summed E-state index contributed by atoms with van der Waals surface area (Å²) in [7, 11) is 0. The standard InChI is InChI=1S/C19H14F11N3/c1-6-4-31-2-3-33(6)5-32-18-8(7-10(20)15(25)17(27)16(26)11(7)21)12(22)14(24)13(23)9(18)19(28,29)30/h6,31-32H,2-5H2,1H3. The Labute approximate surface area is 179 Å². The van der Waals surface area contributed by atoms with Crippen molar-refractivity contribution in [3.63, 3.8) is 0 Å². The van der Waals surface area contributed by atoms with Gasteiger partial charge in [0.25, 0.3) is 0 Å². The summed E-state index contributed by atoms with van der Waals surface area (Å²) in [6.45, 7) is 2.01. The summed E-state index contributed by atoms with van der Waals surface area (Å²) >= 11 is 0. The van der Waals surface area contributed by atoms with Crippen molar-refractivity contribution in [2.24, 2.45) is 0 Å². The van der Waals surface area contributed by atoms with Crippen LogP contribution in [0.5, 0.6) is 0 Å². The van der Waals surface area contributed by atoms with Gasteiger partial charge in [-0.25, -0.2) is 35.1 Å². The second-order valence-electron chi connectivity index (χ2n) is 7.21. The molecule has 3 nitrogen and oxygen atoms in total. The van der Waals surface area contributed by atoms with Gasteiger partial charge in [-0.1, -0.05) is 0 Å². The van der Waals surface area contributed by atoms with E-state index in [1.807, 2.05) is 5.32 Å². The lowest BCUT2D eigenvalue weighted by Gasteiger charge is -2.34. The van der Waals surface area contributed by atoms with Crippen LogP contribution in [0.1, 0.15) is 12.5 Å². The first-order chi connectivity index (χ1) is 15.3. The van der Waals surface area contributed by atoms with E-state index in [0.717, 1.165) is 0 Å². The fourth-order valence-corrected chi connectivity index (χ4v) is 3.46. The minimum Gasteiger partial charge on any atom is -0.371 e. The fraction of sp³-hybridized carbons (Fsp3) is 0.368. The first-order valence-electron chi connectivity index (χ1n) is 9.27. The van der Waals surface area contributed by atoms with Crippen molar-refractivity contribution in [1.29, 1.82) is 0 Å². The number of benzene rings is 2. The molecule has 2 N–H and O–H groups in total. The number of rotatable bonds is 4. The Hall–Kier alpha value is -2.61. The van der Waals surface area contributed by atoms with Crippen LogP contribution in [0, 0.1) is 46.5 Å². The zero-order chi connectivity index (χ0) is 24.8. The zero-order valence-electron chi connectivity index (χ0n) is 16.5. The molecule has 1 fully saturated rings. The van der Waals surface area contributed by atoms with Crippen molar-refractivity contribution in [1.82, 2.24) is 10.2 Å². The number of piperazine rings is 1. The number of anilines is 1. The van der Waals surface area contributed by atoms with Crippen LogP contribution in [0.3, 0.4) is 0 Å². The van der Waals surface area contributed by atoms with Crippen molar-refractivity contribution in [2.75, 3.05) is 31.6 Å². The van der Waals surface area contributed by atoms with Crippen LogP contribution in [0.25, 0.3) is 11.1 Å². The molecule has 1 heterocycles. The quantitative estimate of drug-likeness (QED) is 0.351. The van der Waals surface area contributed by atoms with E-state index >= 15 is 0 Å². The average Bonchev–Trinajstić information content (AvgIpc) is 2.75. The van der Waals surface area contributed by atoms with E-state index in [1.54, 1.807) is 6.92 Å². The van der Waals surface area contributed by atoms with E-state index in [0.29, 0.717) is 13.1 Å². The Kier molecular flexibility index (Phi) is 6.80. The molecule has 1 aliphatic rings. The van der Waals surface area contributed by atoms with Crippen molar-refractivity contribution in [3.8, 4) is 11.1 Å². The third-order valence-corrected chi connectivity index (χ3v) is 5.17. The summed E-state index contributed by atoms with van der Waals surface area (Å²) in [5, 5.41) is 4.92. The van der Waals surface area contributed by atoms with Crippen LogP contribution in [0.2, 0.25) is 0 Å². The third-order valence-electron chi connectivity index (χ3n) is 5.17. The number of nitrogens with one attached hydrogen (secondary N) is 2. The second kappa shape index (κ2) is 8.97. The lowest BCUT2D eigenvalue weighted by atomic mass is 9.96. The number of hydrogen-bond acceptors (Lipinski definition) is 3. The molecule has 0 spiro atoms. The van der Waals surface area contributed by atoms with Gasteiger partial charge in [0.2, 0.25) is 5.82 Å². The topological polar surface area (TPSA) is 27.3 Å². The predicted molar refractivity (Wildman–Crippen MR) is 94.1 cm³/mol. The highest BCUT2D eigenvalue weighted by molar-refractivity contribution is 5.82. The second-order valence-corrected chi connectivity index (χ2v) is 7.21. The van der Waals surface area contributed by atoms with Crippen LogP contribution in [0.15, 0.2) is 0 Å². The van der Waals surface area contributed by atoms with E-state index in [-0.39, 0.29) is 12.6 Å². The van der Waals surface area contributed by atoms with Gasteiger partial charge in [0.1, 0.15) is 5.56 Å². The molecule has 2 aromatic carbocycles. The van der Waals surface area contributed by atoms with Crippen LogP contribution < -0.4 is 10.6 Å². The first-order valence-corrected chi connectivity index (χ1v) is 9.27. The molecule has 0 amide bonds. The Morgan fingerprint density at radius 2 is 1.27 bits per heavy atom. The lowest BCUT2D eigenvalue weighted by molar-refractivity contribution is -0.139. The molecule has 14 heteroatoms. The molecule has 0 aromatic heterocycles. The predicted octanol–water partition coefficient (Wildman–Crippen LogP) is 5.15. The van der Waals surface area contributed by atoms with Gasteiger partial charge in [0.15, 0.2) is 40.7 Å². The van der Waals surface area contributed by atoms with E-state index < -0.39 is 81.8 Å². The smallest absolute Gasteiger partial charge is 0.371 e. The average molecular weight is 493 g/mol. The molecule has 2 aromatic rings. The van der Waals surface area contributed by atoms with Crippen molar-refractivity contribution in [2.45, 2.75) is 19.1 Å². The van der Waals surface area contributed by atoms with Crippen molar-refractivity contribution < 1.29 is 48.3 Å². The summed E-state index contributed by atoms with van der Waals surface area (Å²) in [6, 6.07) is -0.326. The Balaban J connectivity index is 2.34. The van der Waals surface area contributed by atoms with Crippen LogP contribution in [0.4, 0.5) is 54.0 Å². The van der Waals surface area contributed by atoms with E-state index in [2.05, 4.69) is 5.32 Å². The number of hydrogen-bond donors (Lipinski definition) is 2.